The van der Waals surface area contributed by atoms with Crippen LogP contribution in [-0.2, 0) is 19.1 Å². The van der Waals surface area contributed by atoms with Crippen LogP contribution in [0.2, 0.25) is 0 Å². The van der Waals surface area contributed by atoms with Gasteiger partial charge in [0.2, 0.25) is 0 Å². The van der Waals surface area contributed by atoms with Crippen molar-refractivity contribution in [3.05, 3.63) is 0 Å². The molecule has 13 heavy (non-hydrogen) atoms. The second-order valence-electron chi connectivity index (χ2n) is 3.35. The maximum absolute atomic E-state index is 11.2. The van der Waals surface area contributed by atoms with E-state index in [9.17, 15) is 16.8 Å². The third-order valence-electron chi connectivity index (χ3n) is 2.54. The average Bonchev–Trinajstić information content (AvgIpc) is 2.38. The molecule has 2 aliphatic rings. The molecule has 2 heterocycles. The Hall–Kier alpha value is 0.150. The molecule has 5 nitrogen and oxygen atoms in total. The molecule has 2 saturated heterocycles. The van der Waals surface area contributed by atoms with Gasteiger partial charge in [0.1, 0.15) is 0 Å². The van der Waals surface area contributed by atoms with Gasteiger partial charge in [0.25, 0.3) is 9.24 Å². The van der Waals surface area contributed by atoms with Crippen LogP contribution in [0.5, 0.6) is 0 Å². The highest BCUT2D eigenvalue weighted by atomic mass is 35.7. The molecule has 0 amide bonds. The minimum Gasteiger partial charge on any atom is -0.228 e. The van der Waals surface area contributed by atoms with E-state index in [1.807, 2.05) is 0 Å². The summed E-state index contributed by atoms with van der Waals surface area (Å²) in [7, 11) is -1.66. The first-order chi connectivity index (χ1) is 5.81. The van der Waals surface area contributed by atoms with Crippen molar-refractivity contribution in [1.82, 2.24) is 4.31 Å². The zero-order chi connectivity index (χ0) is 9.85. The molecule has 76 valence electrons. The summed E-state index contributed by atoms with van der Waals surface area (Å²) < 4.78 is 45.4. The van der Waals surface area contributed by atoms with Gasteiger partial charge in [-0.25, -0.2) is 8.42 Å². The first-order valence-electron chi connectivity index (χ1n) is 3.74. The largest absolute Gasteiger partial charge is 0.300 e. The van der Waals surface area contributed by atoms with Gasteiger partial charge in [-0.15, -0.1) is 0 Å². The van der Waals surface area contributed by atoms with Crippen molar-refractivity contribution in [3.8, 4) is 0 Å². The van der Waals surface area contributed by atoms with E-state index in [-0.39, 0.29) is 12.3 Å². The second-order valence-corrected chi connectivity index (χ2v) is 8.14. The van der Waals surface area contributed by atoms with Gasteiger partial charge >= 0.3 is 0 Å². The van der Waals surface area contributed by atoms with Crippen LogP contribution in [0, 0.1) is 0 Å². The van der Waals surface area contributed by atoms with E-state index in [2.05, 4.69) is 0 Å². The van der Waals surface area contributed by atoms with Crippen LogP contribution in [-0.4, -0.2) is 44.7 Å². The molecule has 0 aliphatic carbocycles. The topological polar surface area (TPSA) is 71.5 Å². The maximum Gasteiger partial charge on any atom is 0.300 e. The predicted octanol–water partition coefficient (Wildman–Crippen LogP) is -0.659. The Morgan fingerprint density at radius 1 is 1.38 bits per heavy atom. The molecular weight excluding hydrogens is 238 g/mol. The third-order valence-corrected chi connectivity index (χ3v) is 6.28. The maximum atomic E-state index is 11.2. The summed E-state index contributed by atoms with van der Waals surface area (Å²) in [4.78, 5) is 0. The monoisotopic (exact) mass is 245 g/mol. The van der Waals surface area contributed by atoms with Crippen molar-refractivity contribution >= 4 is 29.8 Å². The summed E-state index contributed by atoms with van der Waals surface area (Å²) in [5.74, 6) is -0.0797. The van der Waals surface area contributed by atoms with Gasteiger partial charge in [0.15, 0.2) is 9.84 Å². The zero-order valence-corrected chi connectivity index (χ0v) is 8.94. The van der Waals surface area contributed by atoms with E-state index in [0.717, 1.165) is 4.31 Å². The van der Waals surface area contributed by atoms with Gasteiger partial charge in [0.05, 0.1) is 11.0 Å². The highest BCUT2D eigenvalue weighted by Gasteiger charge is 2.51. The van der Waals surface area contributed by atoms with Crippen molar-refractivity contribution in [2.45, 2.75) is 17.7 Å². The van der Waals surface area contributed by atoms with Crippen LogP contribution < -0.4 is 0 Å². The lowest BCUT2D eigenvalue weighted by Gasteiger charge is -2.22. The molecule has 8 heteroatoms. The summed E-state index contributed by atoms with van der Waals surface area (Å²) >= 11 is 0. The van der Waals surface area contributed by atoms with Crippen LogP contribution in [0.15, 0.2) is 0 Å². The Balaban J connectivity index is 2.31. The summed E-state index contributed by atoms with van der Waals surface area (Å²) in [6.07, 6.45) is 0.397. The van der Waals surface area contributed by atoms with E-state index in [4.69, 9.17) is 10.7 Å². The highest BCUT2D eigenvalue weighted by molar-refractivity contribution is 8.12. The fourth-order valence-corrected chi connectivity index (χ4v) is 5.53. The fraction of sp³-hybridized carbons (Fsp3) is 1.00. The molecule has 0 aromatic heterocycles. The predicted molar refractivity (Wildman–Crippen MR) is 47.5 cm³/mol. The lowest BCUT2D eigenvalue weighted by Crippen LogP contribution is -2.41. The van der Waals surface area contributed by atoms with Crippen molar-refractivity contribution in [3.63, 3.8) is 0 Å². The number of nitrogens with zero attached hydrogens (tertiary/aromatic N) is 1. The molecule has 2 fully saturated rings. The standard InChI is InChI=1S/C5H8ClNO4S2/c6-13(10,11)7-2-5-1-4(7)3-12(5,8)9/h4-5H,1-3H2. The Morgan fingerprint density at radius 3 is 2.31 bits per heavy atom. The molecule has 2 rings (SSSR count). The number of fused-ring (bicyclic) bond motifs is 2. The first-order valence-corrected chi connectivity index (χ1v) is 7.72. The minimum atomic E-state index is -3.74. The normalized spacial score (nSPS) is 38.2. The van der Waals surface area contributed by atoms with Crippen molar-refractivity contribution < 1.29 is 16.8 Å². The molecule has 0 aromatic rings. The lowest BCUT2D eigenvalue weighted by molar-refractivity contribution is 0.412. The van der Waals surface area contributed by atoms with E-state index in [1.54, 1.807) is 0 Å². The Kier molecular flexibility index (Phi) is 1.93. The second kappa shape index (κ2) is 2.59. The summed E-state index contributed by atoms with van der Waals surface area (Å²) in [6.45, 7) is 0.0266. The number of hydrogen-bond acceptors (Lipinski definition) is 4. The van der Waals surface area contributed by atoms with E-state index < -0.39 is 30.4 Å². The van der Waals surface area contributed by atoms with Gasteiger partial charge in [-0.05, 0) is 6.42 Å². The van der Waals surface area contributed by atoms with Gasteiger partial charge in [0, 0.05) is 23.3 Å². The quantitative estimate of drug-likeness (QED) is 0.575. The lowest BCUT2D eigenvalue weighted by atomic mass is 10.3. The highest BCUT2D eigenvalue weighted by Crippen LogP contribution is 2.35. The summed E-state index contributed by atoms with van der Waals surface area (Å²) in [6, 6.07) is -0.433. The van der Waals surface area contributed by atoms with Crippen LogP contribution in [0.1, 0.15) is 6.42 Å². The molecule has 2 unspecified atom stereocenters. The van der Waals surface area contributed by atoms with Crippen LogP contribution in [0.3, 0.4) is 0 Å². The van der Waals surface area contributed by atoms with Gasteiger partial charge in [-0.2, -0.15) is 12.7 Å². The molecule has 0 aromatic carbocycles. The van der Waals surface area contributed by atoms with Crippen molar-refractivity contribution in [2.75, 3.05) is 12.3 Å². The zero-order valence-electron chi connectivity index (χ0n) is 6.55. The molecule has 0 N–H and O–H groups in total. The first kappa shape index (κ1) is 9.70. The SMILES string of the molecule is O=S1(=O)CC2CC1CN2S(=O)(=O)Cl. The Morgan fingerprint density at radius 2 is 2.00 bits per heavy atom. The third kappa shape index (κ3) is 1.47. The molecule has 2 atom stereocenters. The number of sulfone groups is 1. The van der Waals surface area contributed by atoms with Gasteiger partial charge in [-0.1, -0.05) is 0 Å². The smallest absolute Gasteiger partial charge is 0.228 e. The van der Waals surface area contributed by atoms with E-state index >= 15 is 0 Å². The Labute approximate surface area is 81.1 Å². The number of halogens is 1. The van der Waals surface area contributed by atoms with E-state index in [1.165, 1.54) is 0 Å². The van der Waals surface area contributed by atoms with E-state index in [0.29, 0.717) is 6.42 Å². The number of hydrogen-bond donors (Lipinski definition) is 0. The molecule has 0 saturated carbocycles. The van der Waals surface area contributed by atoms with Crippen LogP contribution >= 0.6 is 10.7 Å². The van der Waals surface area contributed by atoms with Gasteiger partial charge in [-0.3, -0.25) is 0 Å². The molecule has 0 spiro atoms. The summed E-state index contributed by atoms with van der Waals surface area (Å²) in [5, 5.41) is -0.536. The summed E-state index contributed by atoms with van der Waals surface area (Å²) in [5.41, 5.74) is 0. The molecule has 2 aliphatic heterocycles. The molecule has 0 radical (unpaired) electrons. The average molecular weight is 246 g/mol. The minimum absolute atomic E-state index is 0.0266. The Bertz CT molecular complexity index is 427. The van der Waals surface area contributed by atoms with Crippen molar-refractivity contribution in [2.24, 2.45) is 0 Å². The molecule has 2 bridgehead atoms. The fourth-order valence-electron chi connectivity index (χ4n) is 1.93. The van der Waals surface area contributed by atoms with Gasteiger partial charge < -0.3 is 0 Å². The van der Waals surface area contributed by atoms with Crippen LogP contribution in [0.4, 0.5) is 0 Å². The van der Waals surface area contributed by atoms with Crippen molar-refractivity contribution in [1.29, 1.82) is 0 Å². The number of rotatable bonds is 1. The van der Waals surface area contributed by atoms with Crippen LogP contribution in [0.25, 0.3) is 0 Å². The molecular formula is C5H8ClNO4S2.